The van der Waals surface area contributed by atoms with Gasteiger partial charge < -0.3 is 30.7 Å². The van der Waals surface area contributed by atoms with Crippen LogP contribution < -0.4 is 10.6 Å². The third-order valence-electron chi connectivity index (χ3n) is 4.24. The maximum atomic E-state index is 10.1. The first kappa shape index (κ1) is 14.7. The summed E-state index contributed by atoms with van der Waals surface area (Å²) in [5.41, 5.74) is 3.18. The fourth-order valence-corrected chi connectivity index (χ4v) is 3.10. The molecule has 116 valence electrons. The number of hydrogen-bond donors (Lipinski definition) is 5. The van der Waals surface area contributed by atoms with E-state index in [1.807, 2.05) is 20.0 Å². The Hall–Kier alpha value is -1.19. The zero-order valence-electron chi connectivity index (χ0n) is 11.8. The molecule has 0 saturated carbocycles. The number of ether oxygens (including phenoxy) is 1. The number of hydrogen-bond acceptors (Lipinski definition) is 6. The lowest BCUT2D eigenvalue weighted by Crippen LogP contribution is -2.56. The van der Waals surface area contributed by atoms with Crippen LogP contribution in [0.2, 0.25) is 0 Å². The minimum absolute atomic E-state index is 0.0779. The number of aliphatic hydroxyl groups is 3. The zero-order valence-corrected chi connectivity index (χ0v) is 12.6. The van der Waals surface area contributed by atoms with Gasteiger partial charge in [0.1, 0.15) is 24.5 Å². The predicted molar refractivity (Wildman–Crippen MR) is 78.7 cm³/mol. The van der Waals surface area contributed by atoms with Gasteiger partial charge in [-0.2, -0.15) is 0 Å². The minimum Gasteiger partial charge on any atom is -0.394 e. The Morgan fingerprint density at radius 1 is 1.29 bits per heavy atom. The van der Waals surface area contributed by atoms with Crippen LogP contribution in [0.3, 0.4) is 0 Å². The Kier molecular flexibility index (Phi) is 3.66. The monoisotopic (exact) mass is 313 g/mol. The van der Waals surface area contributed by atoms with Crippen molar-refractivity contribution in [1.82, 2.24) is 15.5 Å². The van der Waals surface area contributed by atoms with Crippen LogP contribution in [0.5, 0.6) is 0 Å². The van der Waals surface area contributed by atoms with Crippen LogP contribution in [-0.2, 0) is 4.74 Å². The molecule has 3 aliphatic rings. The number of rotatable bonds is 2. The highest BCUT2D eigenvalue weighted by molar-refractivity contribution is 7.80. The standard InChI is InChI=1S/C13H19N3O4S/c1-5-6(2)14-11-7(5)3-16(13(21)15-11)12-10(19)9(18)8(4-17)20-12/h3,8-12,14,17-19H,4H2,1-2H3,(H,15,21). The third-order valence-corrected chi connectivity index (χ3v) is 4.57. The average molecular weight is 313 g/mol. The van der Waals surface area contributed by atoms with E-state index in [0.29, 0.717) is 5.11 Å². The van der Waals surface area contributed by atoms with Crippen LogP contribution >= 0.6 is 12.2 Å². The molecule has 0 amide bonds. The lowest BCUT2D eigenvalue weighted by atomic mass is 10.1. The molecule has 5 unspecified atom stereocenters. The lowest BCUT2D eigenvalue weighted by molar-refractivity contribution is -0.0596. The maximum Gasteiger partial charge on any atom is 0.177 e. The third kappa shape index (κ3) is 2.23. The molecular formula is C13H19N3O4S. The van der Waals surface area contributed by atoms with Gasteiger partial charge in [0, 0.05) is 17.5 Å². The van der Waals surface area contributed by atoms with Gasteiger partial charge in [0.05, 0.1) is 6.61 Å². The summed E-state index contributed by atoms with van der Waals surface area (Å²) in [6.07, 6.45) is -2.17. The predicted octanol–water partition coefficient (Wildman–Crippen LogP) is -1.28. The van der Waals surface area contributed by atoms with E-state index in [1.54, 1.807) is 4.90 Å². The van der Waals surface area contributed by atoms with Crippen molar-refractivity contribution in [2.45, 2.75) is 44.6 Å². The lowest BCUT2D eigenvalue weighted by Gasteiger charge is -2.36. The fraction of sp³-hybridized carbons (Fsp3) is 0.615. The summed E-state index contributed by atoms with van der Waals surface area (Å²) in [5.74, 6) is 0. The molecule has 0 aliphatic carbocycles. The molecule has 5 atom stereocenters. The number of aliphatic hydroxyl groups excluding tert-OH is 3. The van der Waals surface area contributed by atoms with Crippen LogP contribution in [0.25, 0.3) is 0 Å². The molecule has 21 heavy (non-hydrogen) atoms. The van der Waals surface area contributed by atoms with Crippen molar-refractivity contribution in [1.29, 1.82) is 0 Å². The second-order valence-electron chi connectivity index (χ2n) is 5.50. The topological polar surface area (TPSA) is 97.2 Å². The van der Waals surface area contributed by atoms with Gasteiger partial charge >= 0.3 is 0 Å². The molecule has 0 aromatic carbocycles. The Labute approximate surface area is 127 Å². The highest BCUT2D eigenvalue weighted by Gasteiger charge is 2.47. The van der Waals surface area contributed by atoms with Crippen molar-refractivity contribution in [3.8, 4) is 0 Å². The second-order valence-corrected chi connectivity index (χ2v) is 5.88. The van der Waals surface area contributed by atoms with Crippen LogP contribution in [-0.4, -0.2) is 62.6 Å². The van der Waals surface area contributed by atoms with Crippen molar-refractivity contribution in [3.63, 3.8) is 0 Å². The summed E-state index contributed by atoms with van der Waals surface area (Å²) in [4.78, 5) is 1.59. The van der Waals surface area contributed by atoms with Gasteiger partial charge in [-0.15, -0.1) is 0 Å². The zero-order chi connectivity index (χ0) is 15.3. The summed E-state index contributed by atoms with van der Waals surface area (Å²) in [6, 6.07) is 0. The first-order chi connectivity index (χ1) is 9.93. The van der Waals surface area contributed by atoms with Crippen LogP contribution in [0, 0.1) is 0 Å². The van der Waals surface area contributed by atoms with Crippen molar-refractivity contribution in [2.24, 2.45) is 0 Å². The molecule has 8 heteroatoms. The second kappa shape index (κ2) is 5.22. The number of nitrogens with zero attached hydrogens (tertiary/aromatic N) is 1. The minimum atomic E-state index is -1.14. The summed E-state index contributed by atoms with van der Waals surface area (Å²) in [6.45, 7) is 3.62. The Morgan fingerprint density at radius 2 is 2.00 bits per heavy atom. The van der Waals surface area contributed by atoms with E-state index < -0.39 is 24.5 Å². The van der Waals surface area contributed by atoms with Crippen LogP contribution in [0.1, 0.15) is 13.8 Å². The highest BCUT2D eigenvalue weighted by Crippen LogP contribution is 2.31. The molecule has 3 heterocycles. The molecule has 0 bridgehead atoms. The van der Waals surface area contributed by atoms with Crippen molar-refractivity contribution < 1.29 is 20.1 Å². The number of fused-ring (bicyclic) bond motifs is 1. The van der Waals surface area contributed by atoms with Gasteiger partial charge in [-0.3, -0.25) is 4.90 Å². The van der Waals surface area contributed by atoms with Gasteiger partial charge in [0.25, 0.3) is 0 Å². The first-order valence-corrected chi connectivity index (χ1v) is 7.22. The van der Waals surface area contributed by atoms with Crippen molar-refractivity contribution in [3.05, 3.63) is 23.0 Å². The molecule has 1 saturated heterocycles. The molecule has 7 nitrogen and oxygen atoms in total. The molecule has 3 aliphatic heterocycles. The Morgan fingerprint density at radius 3 is 2.62 bits per heavy atom. The summed E-state index contributed by atoms with van der Waals surface area (Å²) < 4.78 is 5.52. The van der Waals surface area contributed by atoms with Gasteiger partial charge in [-0.25, -0.2) is 0 Å². The maximum absolute atomic E-state index is 10.1. The van der Waals surface area contributed by atoms with E-state index >= 15 is 0 Å². The van der Waals surface area contributed by atoms with Crippen molar-refractivity contribution >= 4 is 17.3 Å². The van der Waals surface area contributed by atoms with E-state index in [2.05, 4.69) is 10.6 Å². The van der Waals surface area contributed by atoms with Crippen LogP contribution in [0.15, 0.2) is 23.0 Å². The molecule has 0 aromatic heterocycles. The van der Waals surface area contributed by atoms with E-state index in [0.717, 1.165) is 16.8 Å². The number of nitrogens with one attached hydrogen (secondary N) is 2. The largest absolute Gasteiger partial charge is 0.394 e. The van der Waals surface area contributed by atoms with E-state index in [1.165, 1.54) is 0 Å². The highest BCUT2D eigenvalue weighted by atomic mass is 32.1. The molecule has 5 N–H and O–H groups in total. The fourth-order valence-electron chi connectivity index (χ4n) is 2.83. The molecule has 0 spiro atoms. The Balaban J connectivity index is 1.89. The van der Waals surface area contributed by atoms with Gasteiger partial charge in [-0.05, 0) is 31.6 Å². The summed E-state index contributed by atoms with van der Waals surface area (Å²) in [5, 5.41) is 36.0. The number of thiocarbonyl (C=S) groups is 1. The normalized spacial score (nSPS) is 39.1. The Bertz CT molecular complexity index is 536. The first-order valence-electron chi connectivity index (χ1n) is 6.81. The van der Waals surface area contributed by atoms with Crippen LogP contribution in [0.4, 0.5) is 0 Å². The molecule has 0 aromatic rings. The SMILES string of the molecule is CC1=C(C)C2=CN(C3OC(CO)C(O)C3O)C(=S)NC2N1. The van der Waals surface area contributed by atoms with Gasteiger partial charge in [-0.1, -0.05) is 0 Å². The summed E-state index contributed by atoms with van der Waals surface area (Å²) >= 11 is 5.31. The number of allylic oxidation sites excluding steroid dienone is 1. The van der Waals surface area contributed by atoms with Gasteiger partial charge in [0.15, 0.2) is 11.3 Å². The molecule has 0 radical (unpaired) electrons. The van der Waals surface area contributed by atoms with E-state index in [9.17, 15) is 10.2 Å². The smallest absolute Gasteiger partial charge is 0.177 e. The summed E-state index contributed by atoms with van der Waals surface area (Å²) in [7, 11) is 0. The molecule has 3 rings (SSSR count). The average Bonchev–Trinajstić information content (AvgIpc) is 2.88. The van der Waals surface area contributed by atoms with E-state index in [4.69, 9.17) is 22.1 Å². The van der Waals surface area contributed by atoms with E-state index in [-0.39, 0.29) is 12.8 Å². The molecular weight excluding hydrogens is 294 g/mol. The quantitative estimate of drug-likeness (QED) is 0.402. The van der Waals surface area contributed by atoms with Gasteiger partial charge in [0.2, 0.25) is 0 Å². The van der Waals surface area contributed by atoms with Crippen molar-refractivity contribution in [2.75, 3.05) is 6.61 Å². The molecule has 1 fully saturated rings.